The molecule has 0 bridgehead atoms. The molecular formula is C52H30N2. The predicted octanol–water partition coefficient (Wildman–Crippen LogP) is 11.9. The van der Waals surface area contributed by atoms with E-state index >= 15 is 0 Å². The van der Waals surface area contributed by atoms with Gasteiger partial charge in [0.1, 0.15) is 0 Å². The van der Waals surface area contributed by atoms with Crippen LogP contribution in [0.25, 0.3) is 55.8 Å². The molecule has 0 fully saturated rings. The summed E-state index contributed by atoms with van der Waals surface area (Å²) >= 11 is 0. The summed E-state index contributed by atoms with van der Waals surface area (Å²) in [6, 6.07) is 67.0. The van der Waals surface area contributed by atoms with E-state index in [0.717, 1.165) is 22.4 Å². The summed E-state index contributed by atoms with van der Waals surface area (Å²) in [6.07, 6.45) is 1.89. The maximum Gasteiger partial charge on any atom is 0.0991 e. The van der Waals surface area contributed by atoms with Gasteiger partial charge in [-0.2, -0.15) is 5.26 Å². The highest BCUT2D eigenvalue weighted by Crippen LogP contribution is 2.74. The summed E-state index contributed by atoms with van der Waals surface area (Å²) in [7, 11) is 0. The molecule has 2 spiro atoms. The lowest BCUT2D eigenvalue weighted by Gasteiger charge is -2.35. The average Bonchev–Trinajstić information content (AvgIpc) is 3.92. The van der Waals surface area contributed by atoms with Crippen molar-refractivity contribution in [2.45, 2.75) is 10.8 Å². The van der Waals surface area contributed by atoms with E-state index in [-0.39, 0.29) is 0 Å². The summed E-state index contributed by atoms with van der Waals surface area (Å²) in [5.41, 5.74) is 22.3. The van der Waals surface area contributed by atoms with Gasteiger partial charge in [0.2, 0.25) is 0 Å². The lowest BCUT2D eigenvalue weighted by molar-refractivity contribution is 0.827. The Balaban J connectivity index is 1.27. The predicted molar refractivity (Wildman–Crippen MR) is 217 cm³/mol. The molecule has 4 aliphatic carbocycles. The van der Waals surface area contributed by atoms with E-state index in [1.54, 1.807) is 0 Å². The van der Waals surface area contributed by atoms with Gasteiger partial charge in [0, 0.05) is 11.8 Å². The van der Waals surface area contributed by atoms with Crippen LogP contribution in [0.2, 0.25) is 0 Å². The number of nitriles is 1. The second-order valence-corrected chi connectivity index (χ2v) is 14.9. The monoisotopic (exact) mass is 682 g/mol. The zero-order chi connectivity index (χ0) is 35.6. The Morgan fingerprint density at radius 1 is 0.370 bits per heavy atom. The van der Waals surface area contributed by atoms with Gasteiger partial charge in [-0.3, -0.25) is 4.98 Å². The summed E-state index contributed by atoms with van der Waals surface area (Å²) in [4.78, 5) is 4.83. The van der Waals surface area contributed by atoms with Crippen LogP contribution in [0.3, 0.4) is 0 Å². The number of hydrogen-bond acceptors (Lipinski definition) is 2. The molecule has 8 aromatic rings. The van der Waals surface area contributed by atoms with Crippen LogP contribution < -0.4 is 0 Å². The lowest BCUT2D eigenvalue weighted by atomic mass is 9.66. The minimum absolute atomic E-state index is 0.552. The van der Waals surface area contributed by atoms with Gasteiger partial charge in [-0.05, 0) is 125 Å². The first kappa shape index (κ1) is 29.5. The highest BCUT2D eigenvalue weighted by molar-refractivity contribution is 6.19. The van der Waals surface area contributed by atoms with Crippen LogP contribution in [-0.2, 0) is 10.8 Å². The third-order valence-electron chi connectivity index (χ3n) is 12.6. The molecule has 0 aliphatic heterocycles. The molecule has 7 aromatic carbocycles. The van der Waals surface area contributed by atoms with Crippen LogP contribution in [0.1, 0.15) is 50.1 Å². The van der Waals surface area contributed by atoms with Crippen molar-refractivity contribution in [1.82, 2.24) is 4.98 Å². The van der Waals surface area contributed by atoms with Crippen LogP contribution in [0.15, 0.2) is 182 Å². The number of hydrogen-bond donors (Lipinski definition) is 0. The Kier molecular flexibility index (Phi) is 5.74. The molecule has 0 saturated carbocycles. The van der Waals surface area contributed by atoms with E-state index in [1.807, 2.05) is 24.4 Å². The maximum atomic E-state index is 9.59. The van der Waals surface area contributed by atoms with Gasteiger partial charge in [0.15, 0.2) is 0 Å². The molecule has 248 valence electrons. The molecule has 1 heterocycles. The lowest BCUT2D eigenvalue weighted by Crippen LogP contribution is -2.28. The van der Waals surface area contributed by atoms with Gasteiger partial charge >= 0.3 is 0 Å². The maximum absolute atomic E-state index is 9.59. The first-order chi connectivity index (χ1) is 26.7. The third-order valence-corrected chi connectivity index (χ3v) is 12.6. The minimum Gasteiger partial charge on any atom is -0.256 e. The van der Waals surface area contributed by atoms with Gasteiger partial charge in [0.05, 0.1) is 28.2 Å². The molecule has 12 rings (SSSR count). The molecule has 2 nitrogen and oxygen atoms in total. The molecule has 0 amide bonds. The number of rotatable bonds is 2. The fourth-order valence-corrected chi connectivity index (χ4v) is 10.7. The Morgan fingerprint density at radius 3 is 1.26 bits per heavy atom. The zero-order valence-electron chi connectivity index (χ0n) is 29.2. The van der Waals surface area contributed by atoms with Crippen molar-refractivity contribution in [3.05, 3.63) is 232 Å². The molecular weight excluding hydrogens is 653 g/mol. The van der Waals surface area contributed by atoms with Gasteiger partial charge < -0.3 is 0 Å². The van der Waals surface area contributed by atoms with Crippen molar-refractivity contribution in [3.63, 3.8) is 0 Å². The molecule has 0 radical (unpaired) electrons. The van der Waals surface area contributed by atoms with Crippen molar-refractivity contribution >= 4 is 11.1 Å². The fraction of sp³-hybridized carbons (Fsp3) is 0.0385. The molecule has 1 aromatic heterocycles. The summed E-state index contributed by atoms with van der Waals surface area (Å²) in [5.74, 6) is 0. The van der Waals surface area contributed by atoms with Crippen LogP contribution in [0.5, 0.6) is 0 Å². The standard InChI is InChI=1S/C52H30N2/c53-31-32-20-22-33(23-21-32)34-24-26-40-46(29-34)51(42-15-5-1-11-36(42)37-12-2-6-16-43(37)51)50-41-27-25-35(48-19-9-10-28-54-48)30-47(41)52(49(40)50)44-17-7-3-13-38(44)39-14-4-8-18-45(39)52/h1-30H. The smallest absolute Gasteiger partial charge is 0.0991 e. The average molecular weight is 683 g/mol. The zero-order valence-corrected chi connectivity index (χ0v) is 29.2. The normalized spacial score (nSPS) is 15.2. The molecule has 0 saturated heterocycles. The number of fused-ring (bicyclic) bond motifs is 18. The quantitative estimate of drug-likeness (QED) is 0.182. The van der Waals surface area contributed by atoms with Crippen molar-refractivity contribution in [1.29, 1.82) is 5.26 Å². The van der Waals surface area contributed by atoms with E-state index in [0.29, 0.717) is 5.56 Å². The molecule has 0 atom stereocenters. The molecule has 54 heavy (non-hydrogen) atoms. The molecule has 2 heteroatoms. The molecule has 4 aliphatic rings. The van der Waals surface area contributed by atoms with E-state index in [1.165, 1.54) is 77.9 Å². The fourth-order valence-electron chi connectivity index (χ4n) is 10.7. The van der Waals surface area contributed by atoms with Gasteiger partial charge in [-0.1, -0.05) is 140 Å². The second kappa shape index (κ2) is 10.5. The summed E-state index contributed by atoms with van der Waals surface area (Å²) < 4.78 is 0. The van der Waals surface area contributed by atoms with Crippen molar-refractivity contribution < 1.29 is 0 Å². The Bertz CT molecular complexity index is 2900. The topological polar surface area (TPSA) is 36.7 Å². The Hall–Kier alpha value is -7.08. The second-order valence-electron chi connectivity index (χ2n) is 14.9. The van der Waals surface area contributed by atoms with Crippen molar-refractivity contribution in [2.75, 3.05) is 0 Å². The molecule has 0 unspecified atom stereocenters. The first-order valence-electron chi connectivity index (χ1n) is 18.6. The Morgan fingerprint density at radius 2 is 0.796 bits per heavy atom. The highest BCUT2D eigenvalue weighted by Gasteiger charge is 2.63. The number of nitrogens with zero attached hydrogens (tertiary/aromatic N) is 2. The van der Waals surface area contributed by atoms with Crippen molar-refractivity contribution in [2.24, 2.45) is 0 Å². The van der Waals surface area contributed by atoms with Crippen LogP contribution in [0.4, 0.5) is 0 Å². The number of pyridine rings is 1. The van der Waals surface area contributed by atoms with Crippen LogP contribution in [0, 0.1) is 11.3 Å². The third kappa shape index (κ3) is 3.43. The van der Waals surface area contributed by atoms with Gasteiger partial charge in [-0.15, -0.1) is 0 Å². The Labute approximate surface area is 314 Å². The molecule has 0 N–H and O–H groups in total. The largest absolute Gasteiger partial charge is 0.256 e. The van der Waals surface area contributed by atoms with E-state index in [9.17, 15) is 5.26 Å². The number of allylic oxidation sites excluding steroid dienone is 2. The van der Waals surface area contributed by atoms with Gasteiger partial charge in [-0.25, -0.2) is 0 Å². The van der Waals surface area contributed by atoms with Crippen LogP contribution in [-0.4, -0.2) is 4.98 Å². The van der Waals surface area contributed by atoms with E-state index < -0.39 is 10.8 Å². The summed E-state index contributed by atoms with van der Waals surface area (Å²) in [6.45, 7) is 0. The SMILES string of the molecule is N#Cc1ccc(-c2ccc3c(c2)C2(C4=C3C3(c5cc(-c6ccccn6)ccc54)c4ccccc4-c4ccccc43)c3ccccc3-c3ccccc32)cc1. The van der Waals surface area contributed by atoms with E-state index in [4.69, 9.17) is 4.98 Å². The van der Waals surface area contributed by atoms with Gasteiger partial charge in [0.25, 0.3) is 0 Å². The van der Waals surface area contributed by atoms with Crippen LogP contribution >= 0.6 is 0 Å². The van der Waals surface area contributed by atoms with Crippen molar-refractivity contribution in [3.8, 4) is 50.7 Å². The van der Waals surface area contributed by atoms with E-state index in [2.05, 4.69) is 164 Å². The number of aromatic nitrogens is 1. The first-order valence-corrected chi connectivity index (χ1v) is 18.6. The summed E-state index contributed by atoms with van der Waals surface area (Å²) in [5, 5.41) is 9.59. The highest BCUT2D eigenvalue weighted by atomic mass is 14.7. The number of benzene rings is 7. The minimum atomic E-state index is -0.558.